The Morgan fingerprint density at radius 1 is 0.868 bits per heavy atom. The van der Waals surface area contributed by atoms with E-state index in [9.17, 15) is 14.7 Å². The minimum Gasteiger partial charge on any atom is -0.411 e. The van der Waals surface area contributed by atoms with Crippen LogP contribution in [0.4, 0.5) is 0 Å². The molecule has 5 atom stereocenters. The van der Waals surface area contributed by atoms with Gasteiger partial charge in [0.1, 0.15) is 12.2 Å². The Kier molecular flexibility index (Phi) is 17.3. The van der Waals surface area contributed by atoms with E-state index in [2.05, 4.69) is 18.8 Å². The van der Waals surface area contributed by atoms with Gasteiger partial charge in [0.05, 0.1) is 39.6 Å². The Morgan fingerprint density at radius 3 is 2.00 bits per heavy atom. The number of hydrogen-bond donors (Lipinski definition) is 2. The summed E-state index contributed by atoms with van der Waals surface area (Å²) >= 11 is 0. The number of esters is 2. The van der Waals surface area contributed by atoms with Gasteiger partial charge < -0.3 is 38.6 Å². The first-order valence-corrected chi connectivity index (χ1v) is 14.1. The first kappa shape index (κ1) is 32.5. The monoisotopic (exact) mass is 542 g/mol. The van der Waals surface area contributed by atoms with Crippen LogP contribution in [0.1, 0.15) is 84.0 Å². The fourth-order valence-corrected chi connectivity index (χ4v) is 3.60. The summed E-state index contributed by atoms with van der Waals surface area (Å²) in [5.41, 5.74) is 0. The molecule has 0 aromatic rings. The van der Waals surface area contributed by atoms with Crippen LogP contribution in [0.2, 0.25) is 0 Å². The van der Waals surface area contributed by atoms with Gasteiger partial charge in [-0.2, -0.15) is 0 Å². The lowest BCUT2D eigenvalue weighted by Crippen LogP contribution is -2.38. The number of unbranched alkanes of at least 4 members (excludes halogenated alkanes) is 11. The average Bonchev–Trinajstić information content (AvgIpc) is 3.84. The normalized spacial score (nSPS) is 20.1. The van der Waals surface area contributed by atoms with E-state index in [1.807, 2.05) is 0 Å². The van der Waals surface area contributed by atoms with E-state index in [-0.39, 0.29) is 25.4 Å². The minimum absolute atomic E-state index is 0.0218. The van der Waals surface area contributed by atoms with Gasteiger partial charge in [0.15, 0.2) is 12.2 Å². The van der Waals surface area contributed by atoms with Crippen LogP contribution in [0.5, 0.6) is 0 Å². The smallest absolute Gasteiger partial charge is 0.341 e. The van der Waals surface area contributed by atoms with E-state index >= 15 is 0 Å². The number of ether oxygens (including phenoxy) is 6. The molecule has 2 rings (SSSR count). The van der Waals surface area contributed by atoms with Crippen molar-refractivity contribution in [2.24, 2.45) is 0 Å². The molecular weight excluding hydrogens is 496 g/mol. The summed E-state index contributed by atoms with van der Waals surface area (Å²) in [4.78, 5) is 24.7. The second-order valence-corrected chi connectivity index (χ2v) is 9.78. The van der Waals surface area contributed by atoms with Crippen LogP contribution >= 0.6 is 0 Å². The zero-order chi connectivity index (χ0) is 27.4. The molecule has 0 aromatic carbocycles. The number of epoxide rings is 2. The van der Waals surface area contributed by atoms with Crippen molar-refractivity contribution >= 4 is 11.9 Å². The lowest BCUT2D eigenvalue weighted by Gasteiger charge is -2.20. The molecule has 0 aromatic heterocycles. The van der Waals surface area contributed by atoms with Crippen LogP contribution in [0, 0.1) is 11.8 Å². The summed E-state index contributed by atoms with van der Waals surface area (Å²) in [5.74, 6) is 3.58. The van der Waals surface area contributed by atoms with Crippen molar-refractivity contribution in [2.75, 3.05) is 39.6 Å². The largest absolute Gasteiger partial charge is 0.411 e. The first-order chi connectivity index (χ1) is 18.5. The minimum atomic E-state index is -1.76. The molecule has 38 heavy (non-hydrogen) atoms. The molecule has 2 heterocycles. The molecule has 2 N–H and O–H groups in total. The van der Waals surface area contributed by atoms with E-state index in [0.29, 0.717) is 26.2 Å². The van der Waals surface area contributed by atoms with Crippen molar-refractivity contribution in [1.82, 2.24) is 0 Å². The van der Waals surface area contributed by atoms with Gasteiger partial charge in [0.25, 0.3) is 0 Å². The van der Waals surface area contributed by atoms with Crippen molar-refractivity contribution < 1.29 is 48.2 Å². The van der Waals surface area contributed by atoms with Crippen LogP contribution < -0.4 is 0 Å². The third kappa shape index (κ3) is 16.3. The summed E-state index contributed by atoms with van der Waals surface area (Å²) in [5, 5.41) is 18.6. The highest BCUT2D eigenvalue weighted by Gasteiger charge is 2.31. The van der Waals surface area contributed by atoms with Crippen molar-refractivity contribution in [3.8, 4) is 11.8 Å². The molecule has 0 spiro atoms. The molecule has 0 saturated carbocycles. The quantitative estimate of drug-likeness (QED) is 0.0652. The summed E-state index contributed by atoms with van der Waals surface area (Å²) in [6, 6.07) is 0. The third-order valence-electron chi connectivity index (χ3n) is 6.14. The second kappa shape index (κ2) is 20.2. The molecule has 0 amide bonds. The zero-order valence-electron chi connectivity index (χ0n) is 22.8. The second-order valence-electron chi connectivity index (χ2n) is 9.78. The van der Waals surface area contributed by atoms with Gasteiger partial charge >= 0.3 is 18.2 Å². The molecule has 0 radical (unpaired) electrons. The zero-order valence-corrected chi connectivity index (χ0v) is 22.8. The fraction of sp³-hybridized carbons (Fsp3) is 0.857. The predicted molar refractivity (Wildman–Crippen MR) is 138 cm³/mol. The van der Waals surface area contributed by atoms with Crippen LogP contribution in [0.3, 0.4) is 0 Å². The highest BCUT2D eigenvalue weighted by Crippen LogP contribution is 2.14. The SMILES string of the molecule is CCCCCCCCCCCCCC#CC(OC(=O)C(O)CO)OC(=O)C(COCC1CO1)OCC1CO1. The topological polar surface area (TPSA) is 137 Å². The Hall–Kier alpha value is -1.74. The molecule has 5 unspecified atom stereocenters. The molecule has 0 aliphatic carbocycles. The van der Waals surface area contributed by atoms with Gasteiger partial charge in [0.2, 0.25) is 0 Å². The maximum absolute atomic E-state index is 12.8. The fourth-order valence-electron chi connectivity index (χ4n) is 3.60. The van der Waals surface area contributed by atoms with Crippen molar-refractivity contribution in [3.05, 3.63) is 0 Å². The Morgan fingerprint density at radius 2 is 1.42 bits per heavy atom. The number of carbonyl (C=O) groups is 2. The lowest BCUT2D eigenvalue weighted by atomic mass is 10.1. The number of aliphatic hydroxyl groups excluding tert-OH is 2. The van der Waals surface area contributed by atoms with Gasteiger partial charge in [-0.1, -0.05) is 77.1 Å². The highest BCUT2D eigenvalue weighted by molar-refractivity contribution is 5.77. The molecule has 2 aliphatic heterocycles. The first-order valence-electron chi connectivity index (χ1n) is 14.1. The third-order valence-corrected chi connectivity index (χ3v) is 6.14. The summed E-state index contributed by atoms with van der Waals surface area (Å²) in [7, 11) is 0. The van der Waals surface area contributed by atoms with E-state index in [1.165, 1.54) is 51.4 Å². The van der Waals surface area contributed by atoms with Gasteiger partial charge in [-0.05, 0) is 12.3 Å². The molecule has 218 valence electrons. The number of hydrogen-bond acceptors (Lipinski definition) is 10. The summed E-state index contributed by atoms with van der Waals surface area (Å²) in [6.45, 7) is 3.03. The lowest BCUT2D eigenvalue weighted by molar-refractivity contribution is -0.193. The molecule has 0 bridgehead atoms. The molecule has 10 nitrogen and oxygen atoms in total. The molecule has 2 saturated heterocycles. The van der Waals surface area contributed by atoms with Crippen molar-refractivity contribution in [3.63, 3.8) is 0 Å². The van der Waals surface area contributed by atoms with Crippen molar-refractivity contribution in [1.29, 1.82) is 0 Å². The molecule has 10 heteroatoms. The van der Waals surface area contributed by atoms with Gasteiger partial charge in [-0.15, -0.1) is 0 Å². The summed E-state index contributed by atoms with van der Waals surface area (Å²) in [6.07, 6.45) is 9.53. The predicted octanol–water partition coefficient (Wildman–Crippen LogP) is 2.66. The number of rotatable bonds is 23. The number of carbonyl (C=O) groups excluding carboxylic acids is 2. The van der Waals surface area contributed by atoms with Crippen LogP contribution in [0.15, 0.2) is 0 Å². The number of aliphatic hydroxyl groups is 2. The highest BCUT2D eigenvalue weighted by atomic mass is 16.7. The van der Waals surface area contributed by atoms with Crippen molar-refractivity contribution in [2.45, 2.75) is 115 Å². The van der Waals surface area contributed by atoms with Crippen LogP contribution in [-0.2, 0) is 38.0 Å². The van der Waals surface area contributed by atoms with Crippen LogP contribution in [-0.4, -0.2) is 92.5 Å². The van der Waals surface area contributed by atoms with Gasteiger partial charge in [-0.25, -0.2) is 9.59 Å². The van der Waals surface area contributed by atoms with E-state index in [4.69, 9.17) is 33.5 Å². The van der Waals surface area contributed by atoms with Gasteiger partial charge in [-0.3, -0.25) is 0 Å². The van der Waals surface area contributed by atoms with E-state index in [0.717, 1.165) is 19.3 Å². The molecule has 2 aliphatic rings. The van der Waals surface area contributed by atoms with Crippen LogP contribution in [0.25, 0.3) is 0 Å². The Balaban J connectivity index is 1.74. The van der Waals surface area contributed by atoms with E-state index < -0.39 is 37.0 Å². The maximum atomic E-state index is 12.8. The van der Waals surface area contributed by atoms with E-state index in [1.54, 1.807) is 0 Å². The molecular formula is C28H46O10. The Labute approximate surface area is 226 Å². The Bertz CT molecular complexity index is 710. The summed E-state index contributed by atoms with van der Waals surface area (Å²) < 4.78 is 31.6. The maximum Gasteiger partial charge on any atom is 0.341 e. The standard InChI is InChI=1S/C28H46O10/c1-2-3-4-5-6-7-8-9-10-11-12-13-14-15-26(37-27(31)24(30)16-29)38-28(32)25(36-20-23-19-35-23)21-33-17-22-18-34-22/h22-26,29-30H,2-13,16-21H2,1H3. The molecule has 2 fully saturated rings. The van der Waals surface area contributed by atoms with Gasteiger partial charge in [0, 0.05) is 6.42 Å². The average molecular weight is 543 g/mol.